The Morgan fingerprint density at radius 3 is 2.95 bits per heavy atom. The van der Waals surface area contributed by atoms with Crippen LogP contribution in [0.2, 0.25) is 5.02 Å². The van der Waals surface area contributed by atoms with Crippen LogP contribution >= 0.6 is 11.6 Å². The number of hydrogen-bond acceptors (Lipinski definition) is 2. The van der Waals surface area contributed by atoms with Gasteiger partial charge in [0.1, 0.15) is 0 Å². The molecule has 1 aromatic carbocycles. The van der Waals surface area contributed by atoms with E-state index in [1.165, 1.54) is 0 Å². The number of nitrogens with zero attached hydrogens (tertiary/aromatic N) is 1. The summed E-state index contributed by atoms with van der Waals surface area (Å²) >= 11 is 6.01. The van der Waals surface area contributed by atoms with Crippen LogP contribution in [-0.2, 0) is 11.8 Å². The quantitative estimate of drug-likeness (QED) is 0.788. The number of carbonyl (C=O) groups is 1. The second-order valence-electron chi connectivity index (χ2n) is 5.15. The van der Waals surface area contributed by atoms with Crippen molar-refractivity contribution in [3.8, 4) is 0 Å². The predicted molar refractivity (Wildman–Crippen MR) is 75.8 cm³/mol. The summed E-state index contributed by atoms with van der Waals surface area (Å²) in [6.07, 6.45) is 2.72. The Kier molecular flexibility index (Phi) is 3.11. The molecule has 2 aromatic rings. The number of carbonyl (C=O) groups excluding carboxylic acids is 1. The van der Waals surface area contributed by atoms with Crippen molar-refractivity contribution in [2.75, 3.05) is 6.61 Å². The van der Waals surface area contributed by atoms with Gasteiger partial charge in [0.05, 0.1) is 12.0 Å². The Bertz CT molecular complexity index is 647. The molecule has 0 radical (unpaired) electrons. The zero-order valence-electron chi connectivity index (χ0n) is 11.0. The van der Waals surface area contributed by atoms with Crippen LogP contribution in [-0.4, -0.2) is 23.1 Å². The molecule has 3 rings (SSSR count). The van der Waals surface area contributed by atoms with E-state index in [0.29, 0.717) is 11.6 Å². The summed E-state index contributed by atoms with van der Waals surface area (Å²) in [4.78, 5) is 12.6. The van der Waals surface area contributed by atoms with Gasteiger partial charge in [-0.05, 0) is 25.5 Å². The molecule has 100 valence electrons. The molecule has 0 saturated carbocycles. The Morgan fingerprint density at radius 1 is 1.47 bits per heavy atom. The number of fused-ring (bicyclic) bond motifs is 1. The molecule has 1 aliphatic heterocycles. The van der Waals surface area contributed by atoms with Crippen molar-refractivity contribution in [1.82, 2.24) is 4.57 Å². The summed E-state index contributed by atoms with van der Waals surface area (Å²) in [5.41, 5.74) is 1.76. The third kappa shape index (κ3) is 2.07. The molecule has 2 unspecified atom stereocenters. The van der Waals surface area contributed by atoms with E-state index in [2.05, 4.69) is 0 Å². The van der Waals surface area contributed by atoms with Gasteiger partial charge >= 0.3 is 0 Å². The van der Waals surface area contributed by atoms with E-state index in [4.69, 9.17) is 16.3 Å². The fourth-order valence-corrected chi connectivity index (χ4v) is 3.00. The molecule has 1 fully saturated rings. The minimum Gasteiger partial charge on any atom is -0.378 e. The largest absolute Gasteiger partial charge is 0.378 e. The number of halogens is 1. The van der Waals surface area contributed by atoms with Crippen LogP contribution in [0.4, 0.5) is 0 Å². The summed E-state index contributed by atoms with van der Waals surface area (Å²) in [5.74, 6) is 0.152. The molecule has 0 bridgehead atoms. The van der Waals surface area contributed by atoms with Gasteiger partial charge in [-0.3, -0.25) is 4.79 Å². The number of rotatable bonds is 2. The number of aromatic nitrogens is 1. The van der Waals surface area contributed by atoms with Crippen LogP contribution in [0.5, 0.6) is 0 Å². The predicted octanol–water partition coefficient (Wildman–Crippen LogP) is 3.44. The molecule has 1 saturated heterocycles. The van der Waals surface area contributed by atoms with Crippen LogP contribution in [0.15, 0.2) is 24.4 Å². The summed E-state index contributed by atoms with van der Waals surface area (Å²) < 4.78 is 7.45. The Hall–Kier alpha value is -1.32. The summed E-state index contributed by atoms with van der Waals surface area (Å²) in [6, 6.07) is 5.64. The van der Waals surface area contributed by atoms with Gasteiger partial charge in [-0.2, -0.15) is 0 Å². The lowest BCUT2D eigenvalue weighted by atomic mass is 9.92. The number of Topliss-reactive ketones (excluding diaryl/α,β-unsaturated/α-hetero) is 1. The van der Waals surface area contributed by atoms with Crippen molar-refractivity contribution < 1.29 is 9.53 Å². The maximum absolute atomic E-state index is 12.6. The number of ether oxygens (including phenoxy) is 1. The van der Waals surface area contributed by atoms with Crippen LogP contribution in [0.3, 0.4) is 0 Å². The Labute approximate surface area is 117 Å². The highest BCUT2D eigenvalue weighted by molar-refractivity contribution is 6.31. The van der Waals surface area contributed by atoms with E-state index >= 15 is 0 Å². The van der Waals surface area contributed by atoms with Crippen molar-refractivity contribution in [3.05, 3.63) is 35.0 Å². The average molecular weight is 278 g/mol. The minimum absolute atomic E-state index is 0.00931. The maximum Gasteiger partial charge on any atom is 0.170 e. The molecule has 2 atom stereocenters. The van der Waals surface area contributed by atoms with Crippen molar-refractivity contribution in [1.29, 1.82) is 0 Å². The highest BCUT2D eigenvalue weighted by atomic mass is 35.5. The lowest BCUT2D eigenvalue weighted by molar-refractivity contribution is 0.0765. The van der Waals surface area contributed by atoms with Crippen molar-refractivity contribution in [2.24, 2.45) is 13.0 Å². The SMILES string of the molecule is CC1OCCC1C(=O)c1cn(C)c2cc(Cl)ccc12. The first kappa shape index (κ1) is 12.7. The molecule has 0 N–H and O–H groups in total. The Balaban J connectivity index is 2.08. The molecule has 1 aromatic heterocycles. The highest BCUT2D eigenvalue weighted by Gasteiger charge is 2.32. The van der Waals surface area contributed by atoms with E-state index in [1.807, 2.05) is 42.9 Å². The molecule has 4 heteroatoms. The second kappa shape index (κ2) is 4.66. The van der Waals surface area contributed by atoms with Crippen LogP contribution < -0.4 is 0 Å². The van der Waals surface area contributed by atoms with E-state index in [-0.39, 0.29) is 17.8 Å². The normalized spacial score (nSPS) is 23.1. The fourth-order valence-electron chi connectivity index (χ4n) is 2.83. The van der Waals surface area contributed by atoms with Gasteiger partial charge in [0.2, 0.25) is 0 Å². The van der Waals surface area contributed by atoms with Gasteiger partial charge in [-0.1, -0.05) is 17.7 Å². The van der Waals surface area contributed by atoms with Crippen LogP contribution in [0, 0.1) is 5.92 Å². The van der Waals surface area contributed by atoms with Gasteiger partial charge in [-0.15, -0.1) is 0 Å². The highest BCUT2D eigenvalue weighted by Crippen LogP contribution is 2.30. The third-order valence-corrected chi connectivity index (χ3v) is 4.17. The molecular formula is C15H16ClNO2. The van der Waals surface area contributed by atoms with E-state index in [9.17, 15) is 4.79 Å². The van der Waals surface area contributed by atoms with Gasteiger partial charge in [-0.25, -0.2) is 0 Å². The lowest BCUT2D eigenvalue weighted by Gasteiger charge is -2.11. The summed E-state index contributed by atoms with van der Waals surface area (Å²) in [6.45, 7) is 2.64. The topological polar surface area (TPSA) is 31.2 Å². The monoisotopic (exact) mass is 277 g/mol. The van der Waals surface area contributed by atoms with Crippen LogP contribution in [0.25, 0.3) is 10.9 Å². The summed E-state index contributed by atoms with van der Waals surface area (Å²) in [7, 11) is 1.93. The third-order valence-electron chi connectivity index (χ3n) is 3.93. The average Bonchev–Trinajstić information content (AvgIpc) is 2.94. The number of hydrogen-bond donors (Lipinski definition) is 0. The molecular weight excluding hydrogens is 262 g/mol. The maximum atomic E-state index is 12.6. The van der Waals surface area contributed by atoms with Gasteiger partial charge < -0.3 is 9.30 Å². The zero-order valence-corrected chi connectivity index (χ0v) is 11.8. The van der Waals surface area contributed by atoms with Gasteiger partial charge in [0.25, 0.3) is 0 Å². The first-order chi connectivity index (χ1) is 9.08. The molecule has 3 nitrogen and oxygen atoms in total. The molecule has 1 aliphatic rings. The smallest absolute Gasteiger partial charge is 0.170 e. The zero-order chi connectivity index (χ0) is 13.6. The van der Waals surface area contributed by atoms with Crippen molar-refractivity contribution in [3.63, 3.8) is 0 Å². The van der Waals surface area contributed by atoms with E-state index in [1.54, 1.807) is 0 Å². The van der Waals surface area contributed by atoms with Crippen LogP contribution in [0.1, 0.15) is 23.7 Å². The fraction of sp³-hybridized carbons (Fsp3) is 0.400. The molecule has 0 amide bonds. The van der Waals surface area contributed by atoms with E-state index in [0.717, 1.165) is 22.9 Å². The number of ketones is 1. The standard InChI is InChI=1S/C15H16ClNO2/c1-9-11(5-6-19-9)15(18)13-8-17(2)14-7-10(16)3-4-12(13)14/h3-4,7-9,11H,5-6H2,1-2H3. The molecule has 0 spiro atoms. The lowest BCUT2D eigenvalue weighted by Crippen LogP contribution is -2.21. The number of aryl methyl sites for hydroxylation is 1. The minimum atomic E-state index is -0.0266. The molecule has 0 aliphatic carbocycles. The molecule has 2 heterocycles. The van der Waals surface area contributed by atoms with Gasteiger partial charge in [0.15, 0.2) is 5.78 Å². The first-order valence-electron chi connectivity index (χ1n) is 6.48. The first-order valence-corrected chi connectivity index (χ1v) is 6.86. The van der Waals surface area contributed by atoms with Crippen molar-refractivity contribution in [2.45, 2.75) is 19.4 Å². The molecule has 19 heavy (non-hydrogen) atoms. The van der Waals surface area contributed by atoms with E-state index < -0.39 is 0 Å². The Morgan fingerprint density at radius 2 is 2.26 bits per heavy atom. The second-order valence-corrected chi connectivity index (χ2v) is 5.59. The summed E-state index contributed by atoms with van der Waals surface area (Å²) in [5, 5.41) is 1.65. The number of benzene rings is 1. The van der Waals surface area contributed by atoms with Crippen molar-refractivity contribution >= 4 is 28.3 Å². The van der Waals surface area contributed by atoms with Gasteiger partial charge in [0, 0.05) is 41.3 Å².